The fraction of sp³-hybridized carbons (Fsp3) is 1.00. The Balaban J connectivity index is 0. The third-order valence-electron chi connectivity index (χ3n) is 0. The molecule has 0 aliphatic rings. The van der Waals surface area contributed by atoms with E-state index in [0.29, 0.717) is 0 Å². The van der Waals surface area contributed by atoms with Crippen LogP contribution in [0.15, 0.2) is 0 Å². The Hall–Kier alpha value is -0.0200. The summed E-state index contributed by atoms with van der Waals surface area (Å²) in [5.41, 5.74) is 0. The van der Waals surface area contributed by atoms with Gasteiger partial charge in [-0.05, 0) is 6.92 Å². The Bertz CT molecular complexity index is 59.5. The molecule has 0 fully saturated rings. The molecule has 3 nitrogen and oxygen atoms in total. The summed E-state index contributed by atoms with van der Waals surface area (Å²) in [5.74, 6) is 0. The van der Waals surface area contributed by atoms with E-state index in [-0.39, 0.29) is 4.84 Å². The largest absolute Gasteiger partial charge is 0.265 e. The zero-order valence-corrected chi connectivity index (χ0v) is 6.11. The molecule has 0 aliphatic heterocycles. The van der Waals surface area contributed by atoms with Crippen LogP contribution in [0.3, 0.4) is 0 Å². The first kappa shape index (κ1) is 10.9. The highest BCUT2D eigenvalue weighted by Crippen LogP contribution is 1.95. The Morgan fingerprint density at radius 3 is 1.62 bits per heavy atom. The predicted molar refractivity (Wildman–Crippen MR) is 34.1 cm³/mol. The lowest BCUT2D eigenvalue weighted by atomic mass is 11.0. The average Bonchev–Trinajstić information content (AvgIpc) is 1.25. The number of rotatable bonds is 0. The molecule has 0 aromatic carbocycles. The predicted octanol–water partition coefficient (Wildman–Crippen LogP) is 1.70. The molecule has 0 aromatic rings. The summed E-state index contributed by atoms with van der Waals surface area (Å²) < 4.78 is 0. The van der Waals surface area contributed by atoms with E-state index in [9.17, 15) is 0 Å². The molecular formula is C3H7Cl2NO2. The lowest BCUT2D eigenvalue weighted by Gasteiger charge is -1.72. The van der Waals surface area contributed by atoms with Crippen LogP contribution >= 0.6 is 23.2 Å². The van der Waals surface area contributed by atoms with Crippen molar-refractivity contribution in [1.82, 2.24) is 0 Å². The summed E-state index contributed by atoms with van der Waals surface area (Å²) in [4.78, 5) is 8.08. The standard InChI is InChI=1S/C2H4Cl2.CH3NO2/c2*1-2(3)4/h2H,1H3;1H3. The van der Waals surface area contributed by atoms with Gasteiger partial charge in [0.05, 0.1) is 0 Å². The Kier molecular flexibility index (Phi) is 9.49. The second-order valence-corrected chi connectivity index (χ2v) is 2.49. The molecule has 5 heteroatoms. The van der Waals surface area contributed by atoms with Crippen LogP contribution in [-0.4, -0.2) is 16.8 Å². The van der Waals surface area contributed by atoms with E-state index in [1.165, 1.54) is 0 Å². The van der Waals surface area contributed by atoms with Gasteiger partial charge >= 0.3 is 0 Å². The Morgan fingerprint density at radius 1 is 1.62 bits per heavy atom. The Morgan fingerprint density at radius 2 is 1.62 bits per heavy atom. The second-order valence-electron chi connectivity index (χ2n) is 0.959. The molecule has 0 unspecified atom stereocenters. The lowest BCUT2D eigenvalue weighted by Crippen LogP contribution is -1.79. The molecule has 0 saturated heterocycles. The number of alkyl halides is 2. The van der Waals surface area contributed by atoms with Gasteiger partial charge in [0.25, 0.3) is 0 Å². The first-order valence-corrected chi connectivity index (χ1v) is 2.70. The SMILES string of the molecule is CC(Cl)Cl.C[N+](=O)[O-]. The van der Waals surface area contributed by atoms with E-state index in [2.05, 4.69) is 0 Å². The fourth-order valence-electron chi connectivity index (χ4n) is 0. The maximum absolute atomic E-state index is 8.81. The van der Waals surface area contributed by atoms with Crippen LogP contribution in [0.2, 0.25) is 0 Å². The van der Waals surface area contributed by atoms with Crippen LogP contribution in [0, 0.1) is 10.1 Å². The summed E-state index contributed by atoms with van der Waals surface area (Å²) in [7, 11) is 0.889. The second kappa shape index (κ2) is 6.98. The zero-order valence-electron chi connectivity index (χ0n) is 4.60. The fourth-order valence-corrected chi connectivity index (χ4v) is 0. The highest BCUT2D eigenvalue weighted by molar-refractivity contribution is 6.43. The minimum Gasteiger partial charge on any atom is -0.265 e. The maximum Gasteiger partial charge on any atom is 0.194 e. The van der Waals surface area contributed by atoms with E-state index < -0.39 is 4.92 Å². The summed E-state index contributed by atoms with van der Waals surface area (Å²) in [6, 6.07) is 0. The van der Waals surface area contributed by atoms with Crippen molar-refractivity contribution in [2.24, 2.45) is 0 Å². The zero-order chi connectivity index (χ0) is 7.15. The average molecular weight is 160 g/mol. The van der Waals surface area contributed by atoms with Gasteiger partial charge in [-0.1, -0.05) is 0 Å². The molecule has 0 radical (unpaired) electrons. The number of halogens is 2. The monoisotopic (exact) mass is 159 g/mol. The number of hydrogen-bond acceptors (Lipinski definition) is 2. The molecule has 0 bridgehead atoms. The summed E-state index contributed by atoms with van der Waals surface area (Å²) in [5, 5.41) is 8.81. The molecule has 0 aromatic heterocycles. The van der Waals surface area contributed by atoms with Crippen molar-refractivity contribution in [1.29, 1.82) is 0 Å². The number of hydrogen-bond donors (Lipinski definition) is 0. The van der Waals surface area contributed by atoms with Gasteiger partial charge < -0.3 is 0 Å². The van der Waals surface area contributed by atoms with Crippen LogP contribution in [0.25, 0.3) is 0 Å². The first-order valence-electron chi connectivity index (χ1n) is 1.83. The highest BCUT2D eigenvalue weighted by Gasteiger charge is 1.75. The van der Waals surface area contributed by atoms with Crippen molar-refractivity contribution in [2.75, 3.05) is 7.05 Å². The molecule has 0 heterocycles. The number of nitro groups is 1. The van der Waals surface area contributed by atoms with Crippen molar-refractivity contribution in [2.45, 2.75) is 11.8 Å². The normalized spacial score (nSPS) is 7.62. The van der Waals surface area contributed by atoms with Crippen LogP contribution in [0.5, 0.6) is 0 Å². The molecule has 0 amide bonds. The molecule has 0 saturated carbocycles. The van der Waals surface area contributed by atoms with Crippen LogP contribution in [0.1, 0.15) is 6.92 Å². The Labute approximate surface area is 57.7 Å². The maximum atomic E-state index is 8.81. The quantitative estimate of drug-likeness (QED) is 0.307. The van der Waals surface area contributed by atoms with Gasteiger partial charge in [-0.15, -0.1) is 23.2 Å². The third-order valence-corrected chi connectivity index (χ3v) is 0. The molecule has 0 atom stereocenters. The van der Waals surface area contributed by atoms with Crippen molar-refractivity contribution < 1.29 is 4.92 Å². The molecule has 0 aliphatic carbocycles. The molecule has 0 rings (SSSR count). The summed E-state index contributed by atoms with van der Waals surface area (Å²) in [6.45, 7) is 1.70. The topological polar surface area (TPSA) is 43.1 Å². The van der Waals surface area contributed by atoms with E-state index >= 15 is 0 Å². The van der Waals surface area contributed by atoms with Crippen LogP contribution in [0.4, 0.5) is 0 Å². The molecule has 8 heavy (non-hydrogen) atoms. The molecular weight excluding hydrogens is 153 g/mol. The van der Waals surface area contributed by atoms with Crippen LogP contribution in [-0.2, 0) is 0 Å². The van der Waals surface area contributed by atoms with Crippen LogP contribution < -0.4 is 0 Å². The van der Waals surface area contributed by atoms with Crippen molar-refractivity contribution in [3.8, 4) is 0 Å². The lowest BCUT2D eigenvalue weighted by molar-refractivity contribution is -0.445. The van der Waals surface area contributed by atoms with E-state index in [1.54, 1.807) is 6.92 Å². The molecule has 0 spiro atoms. The van der Waals surface area contributed by atoms with Gasteiger partial charge in [0.2, 0.25) is 0 Å². The van der Waals surface area contributed by atoms with E-state index in [0.717, 1.165) is 7.05 Å². The van der Waals surface area contributed by atoms with Gasteiger partial charge in [0.15, 0.2) is 7.05 Å². The van der Waals surface area contributed by atoms with Gasteiger partial charge in [0, 0.05) is 4.92 Å². The molecule has 50 valence electrons. The minimum atomic E-state index is -0.500. The van der Waals surface area contributed by atoms with Gasteiger partial charge in [-0.2, -0.15) is 0 Å². The van der Waals surface area contributed by atoms with E-state index in [1.807, 2.05) is 0 Å². The van der Waals surface area contributed by atoms with E-state index in [4.69, 9.17) is 33.3 Å². The van der Waals surface area contributed by atoms with Crippen molar-refractivity contribution >= 4 is 23.2 Å². The van der Waals surface area contributed by atoms with Gasteiger partial charge in [-0.25, -0.2) is 0 Å². The van der Waals surface area contributed by atoms with Gasteiger partial charge in [0.1, 0.15) is 4.84 Å². The molecule has 0 N–H and O–H groups in total. The first-order chi connectivity index (χ1) is 3.46. The van der Waals surface area contributed by atoms with Crippen molar-refractivity contribution in [3.05, 3.63) is 10.1 Å². The summed E-state index contributed by atoms with van der Waals surface area (Å²) >= 11 is 10.1. The highest BCUT2D eigenvalue weighted by atomic mass is 35.5. The minimum absolute atomic E-state index is 0.222. The third kappa shape index (κ3) is 371000. The summed E-state index contributed by atoms with van der Waals surface area (Å²) in [6.07, 6.45) is 0. The smallest absolute Gasteiger partial charge is 0.194 e. The van der Waals surface area contributed by atoms with Crippen molar-refractivity contribution in [3.63, 3.8) is 0 Å². The number of nitrogens with zero attached hydrogens (tertiary/aromatic N) is 1. The van der Waals surface area contributed by atoms with Gasteiger partial charge in [-0.3, -0.25) is 10.1 Å².